The predicted octanol–water partition coefficient (Wildman–Crippen LogP) is 2.72. The summed E-state index contributed by atoms with van der Waals surface area (Å²) in [5.74, 6) is 4.67. The minimum Gasteiger partial charge on any atom is -0.315 e. The molecule has 0 aromatic heterocycles. The first-order valence-corrected chi connectivity index (χ1v) is 4.92. The summed E-state index contributed by atoms with van der Waals surface area (Å²) in [5.41, 5.74) is 1.84. The van der Waals surface area contributed by atoms with Crippen LogP contribution < -0.4 is 5.32 Å². The Morgan fingerprint density at radius 1 is 1.43 bits per heavy atom. The van der Waals surface area contributed by atoms with Gasteiger partial charge < -0.3 is 5.32 Å². The number of benzene rings is 1. The lowest BCUT2D eigenvalue weighted by atomic mass is 10.2. The van der Waals surface area contributed by atoms with Crippen LogP contribution in [0.15, 0.2) is 22.7 Å². The number of carbonyl (C=O) groups is 1. The highest BCUT2D eigenvalue weighted by Gasteiger charge is 1.99. The second-order valence-electron chi connectivity index (χ2n) is 2.85. The standard InChI is InChI=1S/C11H10BrNO/c1-3-4-11(14)13-10-6-8(2)5-9(12)7-10/h5-7H,1-2H3,(H,13,14). The Bertz CT molecular complexity index is 395. The molecule has 14 heavy (non-hydrogen) atoms. The van der Waals surface area contributed by atoms with Gasteiger partial charge in [-0.25, -0.2) is 0 Å². The molecule has 3 heteroatoms. The zero-order chi connectivity index (χ0) is 10.6. The first-order chi connectivity index (χ1) is 6.61. The average Bonchev–Trinajstić information content (AvgIpc) is 2.01. The second-order valence-corrected chi connectivity index (χ2v) is 3.76. The Hall–Kier alpha value is -1.27. The molecule has 0 aliphatic heterocycles. The molecule has 72 valence electrons. The topological polar surface area (TPSA) is 29.1 Å². The molecule has 1 aromatic carbocycles. The van der Waals surface area contributed by atoms with Gasteiger partial charge in [-0.3, -0.25) is 4.79 Å². The van der Waals surface area contributed by atoms with Crippen LogP contribution in [0, 0.1) is 18.8 Å². The van der Waals surface area contributed by atoms with Crippen LogP contribution in [0.5, 0.6) is 0 Å². The third-order valence-corrected chi connectivity index (χ3v) is 2.00. The summed E-state index contributed by atoms with van der Waals surface area (Å²) >= 11 is 3.35. The van der Waals surface area contributed by atoms with E-state index in [-0.39, 0.29) is 5.91 Å². The molecule has 1 amide bonds. The second kappa shape index (κ2) is 4.83. The highest BCUT2D eigenvalue weighted by atomic mass is 79.9. The van der Waals surface area contributed by atoms with Crippen molar-refractivity contribution in [3.63, 3.8) is 0 Å². The van der Waals surface area contributed by atoms with E-state index in [9.17, 15) is 4.79 Å². The van der Waals surface area contributed by atoms with Crippen LogP contribution in [-0.4, -0.2) is 5.91 Å². The lowest BCUT2D eigenvalue weighted by Crippen LogP contribution is -2.08. The van der Waals surface area contributed by atoms with Crippen LogP contribution in [-0.2, 0) is 4.79 Å². The summed E-state index contributed by atoms with van der Waals surface area (Å²) < 4.78 is 0.942. The van der Waals surface area contributed by atoms with Gasteiger partial charge in [0.1, 0.15) is 0 Å². The van der Waals surface area contributed by atoms with Crippen molar-refractivity contribution in [2.75, 3.05) is 5.32 Å². The number of hydrogen-bond donors (Lipinski definition) is 1. The van der Waals surface area contributed by atoms with Gasteiger partial charge in [-0.1, -0.05) is 21.9 Å². The maximum atomic E-state index is 11.1. The zero-order valence-electron chi connectivity index (χ0n) is 8.02. The highest BCUT2D eigenvalue weighted by molar-refractivity contribution is 9.10. The average molecular weight is 252 g/mol. The van der Waals surface area contributed by atoms with Crippen LogP contribution in [0.1, 0.15) is 12.5 Å². The van der Waals surface area contributed by atoms with Gasteiger partial charge >= 0.3 is 0 Å². The van der Waals surface area contributed by atoms with Crippen molar-refractivity contribution in [2.24, 2.45) is 0 Å². The first kappa shape index (κ1) is 10.8. The van der Waals surface area contributed by atoms with E-state index >= 15 is 0 Å². The predicted molar refractivity (Wildman–Crippen MR) is 61.0 cm³/mol. The molecule has 0 saturated carbocycles. The summed E-state index contributed by atoms with van der Waals surface area (Å²) in [5, 5.41) is 2.68. The normalized spacial score (nSPS) is 8.79. The number of rotatable bonds is 1. The van der Waals surface area contributed by atoms with Crippen LogP contribution in [0.2, 0.25) is 0 Å². The van der Waals surface area contributed by atoms with Gasteiger partial charge in [0.15, 0.2) is 0 Å². The van der Waals surface area contributed by atoms with Gasteiger partial charge in [0, 0.05) is 10.2 Å². The Balaban J connectivity index is 2.85. The van der Waals surface area contributed by atoms with E-state index in [0.29, 0.717) is 0 Å². The maximum Gasteiger partial charge on any atom is 0.300 e. The van der Waals surface area contributed by atoms with E-state index in [2.05, 4.69) is 33.1 Å². The molecule has 0 saturated heterocycles. The molecule has 0 bridgehead atoms. The van der Waals surface area contributed by atoms with Gasteiger partial charge in [-0.2, -0.15) is 0 Å². The van der Waals surface area contributed by atoms with Crippen LogP contribution in [0.3, 0.4) is 0 Å². The van der Waals surface area contributed by atoms with Gasteiger partial charge in [0.25, 0.3) is 5.91 Å². The van der Waals surface area contributed by atoms with Crippen molar-refractivity contribution < 1.29 is 4.79 Å². The number of anilines is 1. The largest absolute Gasteiger partial charge is 0.315 e. The molecule has 1 N–H and O–H groups in total. The lowest BCUT2D eigenvalue weighted by molar-refractivity contribution is -0.111. The molecule has 0 fully saturated rings. The molecule has 0 atom stereocenters. The number of carbonyl (C=O) groups excluding carboxylic acids is 1. The highest BCUT2D eigenvalue weighted by Crippen LogP contribution is 2.18. The van der Waals surface area contributed by atoms with Crippen LogP contribution in [0.25, 0.3) is 0 Å². The van der Waals surface area contributed by atoms with Gasteiger partial charge in [0.05, 0.1) is 0 Å². The molecular formula is C11H10BrNO. The summed E-state index contributed by atoms with van der Waals surface area (Å²) in [4.78, 5) is 11.1. The molecule has 0 aliphatic carbocycles. The zero-order valence-corrected chi connectivity index (χ0v) is 9.60. The quantitative estimate of drug-likeness (QED) is 0.765. The third kappa shape index (κ3) is 3.23. The van der Waals surface area contributed by atoms with Crippen LogP contribution >= 0.6 is 15.9 Å². The smallest absolute Gasteiger partial charge is 0.300 e. The van der Waals surface area contributed by atoms with Crippen molar-refractivity contribution in [3.05, 3.63) is 28.2 Å². The fraction of sp³-hybridized carbons (Fsp3) is 0.182. The fourth-order valence-electron chi connectivity index (χ4n) is 1.08. The first-order valence-electron chi connectivity index (χ1n) is 4.13. The number of aryl methyl sites for hydroxylation is 1. The number of hydrogen-bond acceptors (Lipinski definition) is 1. The Labute approximate surface area is 91.8 Å². The molecule has 1 aromatic rings. The molecule has 0 heterocycles. The van der Waals surface area contributed by atoms with Gasteiger partial charge in [0.2, 0.25) is 0 Å². The maximum absolute atomic E-state index is 11.1. The molecule has 0 unspecified atom stereocenters. The SMILES string of the molecule is CC#CC(=O)Nc1cc(C)cc(Br)c1. The molecule has 1 rings (SSSR count). The lowest BCUT2D eigenvalue weighted by Gasteiger charge is -2.03. The molecular weight excluding hydrogens is 242 g/mol. The Morgan fingerprint density at radius 3 is 2.71 bits per heavy atom. The minimum absolute atomic E-state index is 0.287. The molecule has 0 radical (unpaired) electrons. The molecule has 0 spiro atoms. The van der Waals surface area contributed by atoms with E-state index in [1.54, 1.807) is 6.92 Å². The number of nitrogens with one attached hydrogen (secondary N) is 1. The number of halogens is 1. The van der Waals surface area contributed by atoms with E-state index in [1.807, 2.05) is 25.1 Å². The fourth-order valence-corrected chi connectivity index (χ4v) is 1.69. The third-order valence-electron chi connectivity index (χ3n) is 1.54. The summed E-state index contributed by atoms with van der Waals surface area (Å²) in [7, 11) is 0. The monoisotopic (exact) mass is 251 g/mol. The summed E-state index contributed by atoms with van der Waals surface area (Å²) in [6.45, 7) is 3.59. The van der Waals surface area contributed by atoms with Crippen molar-refractivity contribution in [3.8, 4) is 11.8 Å². The summed E-state index contributed by atoms with van der Waals surface area (Å²) in [6, 6.07) is 5.70. The molecule has 0 aliphatic rings. The van der Waals surface area contributed by atoms with Crippen molar-refractivity contribution >= 4 is 27.5 Å². The van der Waals surface area contributed by atoms with Gasteiger partial charge in [-0.15, -0.1) is 0 Å². The van der Waals surface area contributed by atoms with E-state index in [0.717, 1.165) is 15.7 Å². The Kier molecular flexibility index (Phi) is 3.73. The van der Waals surface area contributed by atoms with Crippen molar-refractivity contribution in [1.82, 2.24) is 0 Å². The van der Waals surface area contributed by atoms with Crippen LogP contribution in [0.4, 0.5) is 5.69 Å². The van der Waals surface area contributed by atoms with Crippen molar-refractivity contribution in [2.45, 2.75) is 13.8 Å². The molecule has 2 nitrogen and oxygen atoms in total. The van der Waals surface area contributed by atoms with Gasteiger partial charge in [-0.05, 0) is 43.5 Å². The van der Waals surface area contributed by atoms with E-state index in [4.69, 9.17) is 0 Å². The number of amides is 1. The minimum atomic E-state index is -0.287. The van der Waals surface area contributed by atoms with E-state index < -0.39 is 0 Å². The Morgan fingerprint density at radius 2 is 2.14 bits per heavy atom. The van der Waals surface area contributed by atoms with E-state index in [1.165, 1.54) is 0 Å². The van der Waals surface area contributed by atoms with Crippen molar-refractivity contribution in [1.29, 1.82) is 0 Å². The summed E-state index contributed by atoms with van der Waals surface area (Å²) in [6.07, 6.45) is 0.